The van der Waals surface area contributed by atoms with Crippen molar-refractivity contribution in [1.29, 1.82) is 0 Å². The molecule has 1 fully saturated rings. The number of aliphatic hydroxyl groups is 1. The van der Waals surface area contributed by atoms with Crippen molar-refractivity contribution in [2.75, 3.05) is 39.3 Å². The van der Waals surface area contributed by atoms with Gasteiger partial charge >= 0.3 is 0 Å². The smallest absolute Gasteiger partial charge is 0.0559 e. The molecule has 1 aromatic rings. The van der Waals surface area contributed by atoms with E-state index in [2.05, 4.69) is 43.7 Å². The third-order valence-electron chi connectivity index (χ3n) is 4.25. The Morgan fingerprint density at radius 1 is 1.14 bits per heavy atom. The molecule has 1 saturated heterocycles. The molecule has 0 saturated carbocycles. The summed E-state index contributed by atoms with van der Waals surface area (Å²) >= 11 is 0. The molecular formula is C17H28N2O2S. The second-order valence-electron chi connectivity index (χ2n) is 6.91. The van der Waals surface area contributed by atoms with Gasteiger partial charge in [-0.1, -0.05) is 32.9 Å². The van der Waals surface area contributed by atoms with Gasteiger partial charge in [-0.05, 0) is 29.0 Å². The predicted octanol–water partition coefficient (Wildman–Crippen LogP) is 1.58. The molecule has 0 aliphatic carbocycles. The van der Waals surface area contributed by atoms with Crippen molar-refractivity contribution < 1.29 is 9.32 Å². The van der Waals surface area contributed by atoms with E-state index in [0.29, 0.717) is 6.54 Å². The van der Waals surface area contributed by atoms with Crippen molar-refractivity contribution >= 4 is 15.6 Å². The normalized spacial score (nSPS) is 20.7. The van der Waals surface area contributed by atoms with Crippen LogP contribution in [0, 0.1) is 0 Å². The predicted molar refractivity (Wildman–Crippen MR) is 93.8 cm³/mol. The molecule has 1 aliphatic rings. The van der Waals surface area contributed by atoms with Crippen molar-refractivity contribution in [3.05, 3.63) is 29.8 Å². The highest BCUT2D eigenvalue weighted by Crippen LogP contribution is 2.25. The molecule has 1 unspecified atom stereocenters. The van der Waals surface area contributed by atoms with Gasteiger partial charge in [0.2, 0.25) is 0 Å². The number of benzene rings is 1. The first-order valence-corrected chi connectivity index (χ1v) is 9.49. The number of hydrogen-bond donors (Lipinski definition) is 1. The van der Waals surface area contributed by atoms with Crippen molar-refractivity contribution in [3.63, 3.8) is 0 Å². The minimum absolute atomic E-state index is 0.0937. The summed E-state index contributed by atoms with van der Waals surface area (Å²) in [5.41, 5.74) is 1.33. The molecule has 1 aliphatic heterocycles. The lowest BCUT2D eigenvalue weighted by atomic mass is 9.87. The van der Waals surface area contributed by atoms with E-state index in [0.717, 1.165) is 31.1 Å². The van der Waals surface area contributed by atoms with Crippen LogP contribution in [-0.4, -0.2) is 63.7 Å². The lowest BCUT2D eigenvalue weighted by molar-refractivity contribution is 0.153. The molecule has 0 aromatic heterocycles. The summed E-state index contributed by atoms with van der Waals surface area (Å²) in [6.45, 7) is 10.5. The van der Waals surface area contributed by atoms with Crippen LogP contribution in [0.2, 0.25) is 0 Å². The zero-order valence-electron chi connectivity index (χ0n) is 13.9. The molecule has 124 valence electrons. The summed E-state index contributed by atoms with van der Waals surface area (Å²) in [7, 11) is -2.42. The summed E-state index contributed by atoms with van der Waals surface area (Å²) in [5, 5.41) is 8.99. The van der Waals surface area contributed by atoms with E-state index in [1.165, 1.54) is 5.56 Å². The van der Waals surface area contributed by atoms with E-state index >= 15 is 0 Å². The number of rotatable bonds is 4. The lowest BCUT2D eigenvalue weighted by Crippen LogP contribution is -2.49. The fourth-order valence-corrected chi connectivity index (χ4v) is 4.32. The number of piperazine rings is 1. The van der Waals surface area contributed by atoms with E-state index in [-0.39, 0.29) is 12.0 Å². The molecule has 1 N–H and O–H groups in total. The Morgan fingerprint density at radius 2 is 1.68 bits per heavy atom. The van der Waals surface area contributed by atoms with Gasteiger partial charge in [0.25, 0.3) is 0 Å². The van der Waals surface area contributed by atoms with Gasteiger partial charge in [0.05, 0.1) is 16.3 Å². The van der Waals surface area contributed by atoms with Crippen molar-refractivity contribution in [1.82, 2.24) is 9.21 Å². The molecular weight excluding hydrogens is 296 g/mol. The molecule has 0 bridgehead atoms. The SMILES string of the molecule is C=S(=O)(c1ccc(C(C)(C)C)cc1)N1CCN(CCO)CC1. The van der Waals surface area contributed by atoms with Crippen LogP contribution in [0.5, 0.6) is 0 Å². The number of hydrogen-bond acceptors (Lipinski definition) is 3. The topological polar surface area (TPSA) is 43.8 Å². The second kappa shape index (κ2) is 6.71. The van der Waals surface area contributed by atoms with Crippen molar-refractivity contribution in [2.45, 2.75) is 31.1 Å². The van der Waals surface area contributed by atoms with Gasteiger partial charge in [-0.15, -0.1) is 0 Å². The highest BCUT2D eigenvalue weighted by Gasteiger charge is 2.24. The van der Waals surface area contributed by atoms with Crippen LogP contribution in [0.3, 0.4) is 0 Å². The minimum atomic E-state index is -2.42. The average molecular weight is 324 g/mol. The van der Waals surface area contributed by atoms with Crippen LogP contribution in [0.1, 0.15) is 26.3 Å². The van der Waals surface area contributed by atoms with Crippen molar-refractivity contribution in [3.8, 4) is 0 Å². The molecule has 0 amide bonds. The molecule has 0 spiro atoms. The summed E-state index contributed by atoms with van der Waals surface area (Å²) in [4.78, 5) is 2.99. The van der Waals surface area contributed by atoms with Gasteiger partial charge in [-0.25, -0.2) is 8.51 Å². The fourth-order valence-electron chi connectivity index (χ4n) is 2.71. The molecule has 1 heterocycles. The number of aliphatic hydroxyl groups excluding tert-OH is 1. The molecule has 0 radical (unpaired) electrons. The maximum Gasteiger partial charge on any atom is 0.0559 e. The number of nitrogens with zero attached hydrogens (tertiary/aromatic N) is 2. The largest absolute Gasteiger partial charge is 0.395 e. The Balaban J connectivity index is 2.11. The van der Waals surface area contributed by atoms with Gasteiger partial charge in [-0.3, -0.25) is 4.90 Å². The molecule has 22 heavy (non-hydrogen) atoms. The second-order valence-corrected chi connectivity index (χ2v) is 9.18. The summed E-state index contributed by atoms with van der Waals surface area (Å²) < 4.78 is 15.1. The minimum Gasteiger partial charge on any atom is -0.395 e. The maximum atomic E-state index is 13.1. The first kappa shape index (κ1) is 17.5. The number of β-amino-alcohol motifs (C(OH)–C–C–N with tert-alkyl or cyclic N) is 1. The van der Waals surface area contributed by atoms with Crippen LogP contribution in [0.4, 0.5) is 0 Å². The Labute approximate surface area is 134 Å². The van der Waals surface area contributed by atoms with Crippen LogP contribution >= 0.6 is 0 Å². The van der Waals surface area contributed by atoms with Gasteiger partial charge in [0.15, 0.2) is 0 Å². The highest BCUT2D eigenvalue weighted by atomic mass is 32.2. The summed E-state index contributed by atoms with van der Waals surface area (Å²) in [5.74, 6) is 4.01. The first-order valence-electron chi connectivity index (χ1n) is 7.81. The Morgan fingerprint density at radius 3 is 2.14 bits per heavy atom. The van der Waals surface area contributed by atoms with Gasteiger partial charge in [0, 0.05) is 37.6 Å². The lowest BCUT2D eigenvalue weighted by Gasteiger charge is -2.36. The standard InChI is InChI=1S/C17H28N2O2S/c1-17(2,3)15-5-7-16(8-6-15)22(4,21)19-11-9-18(10-12-19)13-14-20/h5-8,20H,4,9-14H2,1-3H3. The Kier molecular flexibility index (Phi) is 5.33. The van der Waals surface area contributed by atoms with E-state index in [9.17, 15) is 4.21 Å². The molecule has 1 aromatic carbocycles. The monoisotopic (exact) mass is 324 g/mol. The Bertz CT molecular complexity index is 580. The fraction of sp³-hybridized carbons (Fsp3) is 0.588. The maximum absolute atomic E-state index is 13.1. The van der Waals surface area contributed by atoms with Crippen molar-refractivity contribution in [2.24, 2.45) is 0 Å². The Hall–Kier alpha value is -0.880. The van der Waals surface area contributed by atoms with Crippen LogP contribution in [-0.2, 0) is 15.1 Å². The van der Waals surface area contributed by atoms with E-state index < -0.39 is 9.71 Å². The van der Waals surface area contributed by atoms with Crippen LogP contribution in [0.25, 0.3) is 0 Å². The zero-order chi connectivity index (χ0) is 16.4. The summed E-state index contributed by atoms with van der Waals surface area (Å²) in [6.07, 6.45) is 0. The van der Waals surface area contributed by atoms with Gasteiger partial charge in [-0.2, -0.15) is 0 Å². The highest BCUT2D eigenvalue weighted by molar-refractivity contribution is 7.98. The third kappa shape index (κ3) is 3.90. The average Bonchev–Trinajstić information content (AvgIpc) is 2.47. The van der Waals surface area contributed by atoms with E-state index in [4.69, 9.17) is 5.11 Å². The molecule has 1 atom stereocenters. The summed E-state index contributed by atoms with van der Waals surface area (Å²) in [6, 6.07) is 8.02. The first-order chi connectivity index (χ1) is 10.2. The van der Waals surface area contributed by atoms with Gasteiger partial charge in [0.1, 0.15) is 0 Å². The van der Waals surface area contributed by atoms with E-state index in [1.54, 1.807) is 0 Å². The molecule has 5 heteroatoms. The van der Waals surface area contributed by atoms with Gasteiger partial charge < -0.3 is 5.11 Å². The van der Waals surface area contributed by atoms with Crippen LogP contribution < -0.4 is 0 Å². The molecule has 4 nitrogen and oxygen atoms in total. The zero-order valence-corrected chi connectivity index (χ0v) is 14.7. The molecule has 2 rings (SSSR count). The van der Waals surface area contributed by atoms with E-state index in [1.807, 2.05) is 16.4 Å². The quantitative estimate of drug-likeness (QED) is 0.855. The van der Waals surface area contributed by atoms with Crippen LogP contribution in [0.15, 0.2) is 29.2 Å². The third-order valence-corrected chi connectivity index (χ3v) is 6.46.